The van der Waals surface area contributed by atoms with Gasteiger partial charge in [-0.25, -0.2) is 4.98 Å². The molecule has 1 aromatic heterocycles. The molecule has 7 nitrogen and oxygen atoms in total. The Kier molecular flexibility index (Phi) is 7.61. The van der Waals surface area contributed by atoms with Crippen molar-refractivity contribution >= 4 is 16.9 Å². The van der Waals surface area contributed by atoms with Crippen molar-refractivity contribution in [3.63, 3.8) is 0 Å². The number of rotatable bonds is 10. The van der Waals surface area contributed by atoms with E-state index in [9.17, 15) is 23.1 Å². The molecule has 1 N–H and O–H groups in total. The average molecular weight is 491 g/mol. The number of para-hydroxylation sites is 2. The molecule has 1 amide bonds. The number of carbonyl (C=O) groups is 1. The standard InChI is InChI=1S/C25H29F3N4O3/c1-30(15-18-8-10-20(11-9-18)35-14-13-31-12-4-7-23(31)34)16-19(33)17-32-22-6-3-2-5-21(22)29-24(32)25(26,27)28/h2-3,5-6,8-11,19,33H,4,7,12-17H2,1H3/t19-/m0/s1. The second-order valence-corrected chi connectivity index (χ2v) is 8.86. The van der Waals surface area contributed by atoms with Gasteiger partial charge in [-0.1, -0.05) is 24.3 Å². The maximum atomic E-state index is 13.5. The van der Waals surface area contributed by atoms with Gasteiger partial charge in [0.1, 0.15) is 12.4 Å². The minimum atomic E-state index is -4.61. The van der Waals surface area contributed by atoms with Crippen molar-refractivity contribution in [1.29, 1.82) is 0 Å². The molecule has 1 fully saturated rings. The molecular formula is C25H29F3N4O3. The summed E-state index contributed by atoms with van der Waals surface area (Å²) in [4.78, 5) is 19.0. The third-order valence-corrected chi connectivity index (χ3v) is 6.00. The fraction of sp³-hybridized carbons (Fsp3) is 0.440. The van der Waals surface area contributed by atoms with Crippen LogP contribution in [0.15, 0.2) is 48.5 Å². The van der Waals surface area contributed by atoms with Crippen LogP contribution >= 0.6 is 0 Å². The monoisotopic (exact) mass is 490 g/mol. The van der Waals surface area contributed by atoms with Crippen LogP contribution < -0.4 is 4.74 Å². The predicted octanol–water partition coefficient (Wildman–Crippen LogP) is 3.55. The number of likely N-dealkylation sites (tertiary alicyclic amines) is 1. The number of hydrogen-bond donors (Lipinski definition) is 1. The number of halogens is 3. The van der Waals surface area contributed by atoms with E-state index < -0.39 is 18.1 Å². The molecule has 35 heavy (non-hydrogen) atoms. The Morgan fingerprint density at radius 3 is 2.60 bits per heavy atom. The number of amides is 1. The van der Waals surface area contributed by atoms with Crippen molar-refractivity contribution in [3.8, 4) is 5.75 Å². The zero-order valence-corrected chi connectivity index (χ0v) is 19.5. The first-order valence-electron chi connectivity index (χ1n) is 11.6. The normalized spacial score (nSPS) is 15.4. The van der Waals surface area contributed by atoms with E-state index in [0.29, 0.717) is 37.4 Å². The highest BCUT2D eigenvalue weighted by molar-refractivity contribution is 5.78. The molecule has 1 aliphatic rings. The van der Waals surface area contributed by atoms with Crippen LogP contribution in [0.4, 0.5) is 13.2 Å². The summed E-state index contributed by atoms with van der Waals surface area (Å²) in [5, 5.41) is 10.6. The summed E-state index contributed by atoms with van der Waals surface area (Å²) in [6.45, 7) is 2.27. The molecule has 0 saturated carbocycles. The Hall–Kier alpha value is -3.11. The average Bonchev–Trinajstić information content (AvgIpc) is 3.38. The molecule has 4 rings (SSSR count). The number of fused-ring (bicyclic) bond motifs is 1. The highest BCUT2D eigenvalue weighted by Gasteiger charge is 2.38. The molecule has 188 valence electrons. The lowest BCUT2D eigenvalue weighted by atomic mass is 10.2. The Balaban J connectivity index is 1.29. The first-order chi connectivity index (χ1) is 16.7. The van der Waals surface area contributed by atoms with Crippen LogP contribution in [0.25, 0.3) is 11.0 Å². The summed E-state index contributed by atoms with van der Waals surface area (Å²) in [5.74, 6) is -0.134. The summed E-state index contributed by atoms with van der Waals surface area (Å²) >= 11 is 0. The molecule has 10 heteroatoms. The fourth-order valence-electron chi connectivity index (χ4n) is 4.39. The van der Waals surface area contributed by atoms with Crippen LogP contribution in [0.5, 0.6) is 5.75 Å². The minimum Gasteiger partial charge on any atom is -0.492 e. The van der Waals surface area contributed by atoms with E-state index in [1.54, 1.807) is 30.1 Å². The molecule has 1 saturated heterocycles. The number of benzene rings is 2. The van der Waals surface area contributed by atoms with Crippen LogP contribution in [0.1, 0.15) is 24.2 Å². The number of carbonyl (C=O) groups excluding carboxylic acids is 1. The molecule has 0 spiro atoms. The van der Waals surface area contributed by atoms with Crippen molar-refractivity contribution in [1.82, 2.24) is 19.4 Å². The number of hydrogen-bond acceptors (Lipinski definition) is 5. The van der Waals surface area contributed by atoms with Crippen LogP contribution in [0, 0.1) is 0 Å². The smallest absolute Gasteiger partial charge is 0.449 e. The quantitative estimate of drug-likeness (QED) is 0.471. The summed E-state index contributed by atoms with van der Waals surface area (Å²) in [6.07, 6.45) is -4.12. The van der Waals surface area contributed by atoms with Gasteiger partial charge >= 0.3 is 6.18 Å². The van der Waals surface area contributed by atoms with E-state index in [-0.39, 0.29) is 24.5 Å². The highest BCUT2D eigenvalue weighted by atomic mass is 19.4. The molecular weight excluding hydrogens is 461 g/mol. The molecule has 0 aliphatic carbocycles. The number of ether oxygens (including phenoxy) is 1. The number of imidazole rings is 1. The van der Waals surface area contributed by atoms with E-state index in [1.807, 2.05) is 29.2 Å². The predicted molar refractivity (Wildman–Crippen MR) is 125 cm³/mol. The lowest BCUT2D eigenvalue weighted by Gasteiger charge is -2.22. The van der Waals surface area contributed by atoms with Crippen LogP contribution in [0.2, 0.25) is 0 Å². The van der Waals surface area contributed by atoms with Crippen LogP contribution in [-0.2, 0) is 24.1 Å². The van der Waals surface area contributed by atoms with Gasteiger partial charge in [0.15, 0.2) is 0 Å². The second kappa shape index (κ2) is 10.7. The third kappa shape index (κ3) is 6.32. The van der Waals surface area contributed by atoms with E-state index in [1.165, 1.54) is 6.07 Å². The maximum absolute atomic E-state index is 13.5. The number of nitrogens with zero attached hydrogens (tertiary/aromatic N) is 4. The molecule has 2 aromatic carbocycles. The molecule has 0 radical (unpaired) electrons. The van der Waals surface area contributed by atoms with Gasteiger partial charge in [0.25, 0.3) is 0 Å². The van der Waals surface area contributed by atoms with E-state index in [4.69, 9.17) is 4.74 Å². The van der Waals surface area contributed by atoms with Crippen molar-refractivity contribution in [2.24, 2.45) is 0 Å². The fourth-order valence-corrected chi connectivity index (χ4v) is 4.39. The molecule has 0 bridgehead atoms. The number of aliphatic hydroxyl groups excluding tert-OH is 1. The van der Waals surface area contributed by atoms with Gasteiger partial charge in [0.05, 0.1) is 30.2 Å². The molecule has 2 heterocycles. The van der Waals surface area contributed by atoms with Gasteiger partial charge in [-0.2, -0.15) is 13.2 Å². The van der Waals surface area contributed by atoms with Gasteiger partial charge in [0, 0.05) is 26.1 Å². The van der Waals surface area contributed by atoms with Gasteiger partial charge in [0.2, 0.25) is 11.7 Å². The minimum absolute atomic E-state index is 0.171. The van der Waals surface area contributed by atoms with Crippen molar-refractivity contribution < 1.29 is 27.8 Å². The Labute approximate surface area is 201 Å². The molecule has 1 aliphatic heterocycles. The molecule has 3 aromatic rings. The van der Waals surface area contributed by atoms with Gasteiger partial charge < -0.3 is 19.3 Å². The Morgan fingerprint density at radius 2 is 1.91 bits per heavy atom. The largest absolute Gasteiger partial charge is 0.492 e. The van der Waals surface area contributed by atoms with E-state index in [0.717, 1.165) is 23.1 Å². The molecule has 0 unspecified atom stereocenters. The zero-order chi connectivity index (χ0) is 25.0. The number of aliphatic hydroxyl groups is 1. The van der Waals surface area contributed by atoms with Crippen molar-refractivity contribution in [3.05, 3.63) is 59.9 Å². The lowest BCUT2D eigenvalue weighted by molar-refractivity contribution is -0.147. The number of likely N-dealkylation sites (N-methyl/N-ethyl adjacent to an activating group) is 1. The topological polar surface area (TPSA) is 70.8 Å². The third-order valence-electron chi connectivity index (χ3n) is 6.00. The Bertz CT molecular complexity index is 1150. The summed E-state index contributed by atoms with van der Waals surface area (Å²) in [7, 11) is 1.80. The summed E-state index contributed by atoms with van der Waals surface area (Å²) < 4.78 is 47.2. The first kappa shape index (κ1) is 25.0. The van der Waals surface area contributed by atoms with Crippen LogP contribution in [-0.4, -0.2) is 69.8 Å². The van der Waals surface area contributed by atoms with Gasteiger partial charge in [-0.15, -0.1) is 0 Å². The maximum Gasteiger partial charge on any atom is 0.449 e. The first-order valence-corrected chi connectivity index (χ1v) is 11.6. The SMILES string of the molecule is CN(Cc1ccc(OCCN2CCCC2=O)cc1)C[C@H](O)Cn1c(C(F)(F)F)nc2ccccc21. The second-order valence-electron chi connectivity index (χ2n) is 8.86. The lowest BCUT2D eigenvalue weighted by Crippen LogP contribution is -2.32. The van der Waals surface area contributed by atoms with Crippen molar-refractivity contribution in [2.45, 2.75) is 38.2 Å². The summed E-state index contributed by atoms with van der Waals surface area (Å²) in [6, 6.07) is 13.9. The van der Waals surface area contributed by atoms with Crippen LogP contribution in [0.3, 0.4) is 0 Å². The molecule has 1 atom stereocenters. The van der Waals surface area contributed by atoms with Gasteiger partial charge in [-0.05, 0) is 43.3 Å². The number of alkyl halides is 3. The van der Waals surface area contributed by atoms with E-state index in [2.05, 4.69) is 4.98 Å². The summed E-state index contributed by atoms with van der Waals surface area (Å²) in [5.41, 5.74) is 1.56. The highest BCUT2D eigenvalue weighted by Crippen LogP contribution is 2.31. The van der Waals surface area contributed by atoms with Gasteiger partial charge in [-0.3, -0.25) is 9.69 Å². The zero-order valence-electron chi connectivity index (χ0n) is 19.5. The van der Waals surface area contributed by atoms with Crippen molar-refractivity contribution in [2.75, 3.05) is 33.3 Å². The Morgan fingerprint density at radius 1 is 1.17 bits per heavy atom. The number of aromatic nitrogens is 2. The van der Waals surface area contributed by atoms with E-state index >= 15 is 0 Å².